The molecular formula is C10H6BrCl2N3S. The Labute approximate surface area is 121 Å². The van der Waals surface area contributed by atoms with Gasteiger partial charge in [-0.2, -0.15) is 0 Å². The summed E-state index contributed by atoms with van der Waals surface area (Å²) in [6.45, 7) is 0. The summed E-state index contributed by atoms with van der Waals surface area (Å²) in [4.78, 5) is 8.94. The monoisotopic (exact) mass is 349 g/mol. The summed E-state index contributed by atoms with van der Waals surface area (Å²) in [6.07, 6.45) is 1.42. The highest BCUT2D eigenvalue weighted by Crippen LogP contribution is 2.36. The van der Waals surface area contributed by atoms with E-state index >= 15 is 0 Å². The average Bonchev–Trinajstić information content (AvgIpc) is 2.30. The second-order valence-electron chi connectivity index (χ2n) is 3.06. The quantitative estimate of drug-likeness (QED) is 0.821. The van der Waals surface area contributed by atoms with Gasteiger partial charge in [0.1, 0.15) is 17.2 Å². The molecular weight excluding hydrogens is 345 g/mol. The molecule has 0 fully saturated rings. The van der Waals surface area contributed by atoms with Crippen molar-refractivity contribution < 1.29 is 0 Å². The molecule has 2 aromatic rings. The predicted molar refractivity (Wildman–Crippen MR) is 74.7 cm³/mol. The van der Waals surface area contributed by atoms with Gasteiger partial charge in [0.25, 0.3) is 0 Å². The lowest BCUT2D eigenvalue weighted by atomic mass is 10.4. The Bertz CT molecular complexity index is 565. The largest absolute Gasteiger partial charge is 0.383 e. The number of nitrogens with two attached hydrogens (primary N) is 1. The van der Waals surface area contributed by atoms with E-state index in [2.05, 4.69) is 25.9 Å². The second-order valence-corrected chi connectivity index (χ2v) is 5.73. The van der Waals surface area contributed by atoms with E-state index in [1.165, 1.54) is 18.1 Å². The van der Waals surface area contributed by atoms with Crippen molar-refractivity contribution >= 4 is 56.7 Å². The number of nitrogen functional groups attached to an aromatic ring is 1. The molecule has 0 bridgehead atoms. The third-order valence-corrected chi connectivity index (χ3v) is 4.67. The van der Waals surface area contributed by atoms with Gasteiger partial charge in [0.05, 0.1) is 14.5 Å². The van der Waals surface area contributed by atoms with Crippen LogP contribution in [-0.4, -0.2) is 9.97 Å². The molecule has 0 radical (unpaired) electrons. The van der Waals surface area contributed by atoms with Crippen LogP contribution in [0.15, 0.2) is 38.9 Å². The molecule has 0 saturated heterocycles. The van der Waals surface area contributed by atoms with E-state index < -0.39 is 0 Å². The minimum atomic E-state index is 0.405. The van der Waals surface area contributed by atoms with Crippen LogP contribution in [0, 0.1) is 0 Å². The van der Waals surface area contributed by atoms with E-state index in [0.717, 1.165) is 9.92 Å². The molecule has 0 aliphatic heterocycles. The molecule has 1 aromatic heterocycles. The number of halogens is 3. The Morgan fingerprint density at radius 2 is 1.94 bits per heavy atom. The maximum atomic E-state index is 5.94. The van der Waals surface area contributed by atoms with Crippen molar-refractivity contribution in [1.29, 1.82) is 0 Å². The summed E-state index contributed by atoms with van der Waals surface area (Å²) in [5.41, 5.74) is 5.67. The molecule has 2 rings (SSSR count). The number of hydrogen-bond donors (Lipinski definition) is 1. The maximum Gasteiger partial charge on any atom is 0.142 e. The van der Waals surface area contributed by atoms with Crippen molar-refractivity contribution in [3.8, 4) is 0 Å². The molecule has 0 unspecified atom stereocenters. The Balaban J connectivity index is 2.31. The lowest BCUT2D eigenvalue weighted by Gasteiger charge is -2.05. The number of anilines is 1. The van der Waals surface area contributed by atoms with Crippen molar-refractivity contribution in [3.05, 3.63) is 39.0 Å². The zero-order valence-electron chi connectivity index (χ0n) is 8.32. The molecule has 1 aromatic carbocycles. The summed E-state index contributed by atoms with van der Waals surface area (Å²) in [6, 6.07) is 5.38. The smallest absolute Gasteiger partial charge is 0.142 e. The fourth-order valence-corrected chi connectivity index (χ4v) is 2.73. The molecule has 7 heteroatoms. The fourth-order valence-electron chi connectivity index (χ4n) is 1.09. The zero-order valence-corrected chi connectivity index (χ0v) is 12.2. The van der Waals surface area contributed by atoms with Crippen LogP contribution >= 0.6 is 50.9 Å². The lowest BCUT2D eigenvalue weighted by molar-refractivity contribution is 1.03. The van der Waals surface area contributed by atoms with Crippen LogP contribution in [0.2, 0.25) is 10.0 Å². The number of hydrogen-bond acceptors (Lipinski definition) is 4. The third kappa shape index (κ3) is 3.04. The van der Waals surface area contributed by atoms with Crippen LogP contribution < -0.4 is 5.73 Å². The van der Waals surface area contributed by atoms with Gasteiger partial charge in [-0.05, 0) is 34.1 Å². The van der Waals surface area contributed by atoms with Gasteiger partial charge in [-0.25, -0.2) is 9.97 Å². The number of rotatable bonds is 2. The number of nitrogens with zero attached hydrogens (tertiary/aromatic N) is 2. The lowest BCUT2D eigenvalue weighted by Crippen LogP contribution is -1.94. The Morgan fingerprint density at radius 3 is 2.65 bits per heavy atom. The molecule has 3 nitrogen and oxygen atoms in total. The second kappa shape index (κ2) is 5.44. The summed E-state index contributed by atoms with van der Waals surface area (Å²) >= 11 is 16.6. The van der Waals surface area contributed by atoms with Crippen molar-refractivity contribution in [3.63, 3.8) is 0 Å². The standard InChI is InChI=1S/C10H6BrCl2N3S/c11-8-9(14)15-4-16-10(8)17-5-1-2-6(12)7(13)3-5/h1-4H,(H2,14,15,16). The third-order valence-electron chi connectivity index (χ3n) is 1.89. The van der Waals surface area contributed by atoms with E-state index in [-0.39, 0.29) is 0 Å². The first kappa shape index (κ1) is 13.0. The summed E-state index contributed by atoms with van der Waals surface area (Å²) < 4.78 is 0.677. The van der Waals surface area contributed by atoms with Gasteiger partial charge in [-0.1, -0.05) is 35.0 Å². The molecule has 0 amide bonds. The van der Waals surface area contributed by atoms with Crippen LogP contribution in [0.3, 0.4) is 0 Å². The van der Waals surface area contributed by atoms with Gasteiger partial charge < -0.3 is 5.73 Å². The van der Waals surface area contributed by atoms with Crippen LogP contribution in [0.1, 0.15) is 0 Å². The van der Waals surface area contributed by atoms with E-state index in [0.29, 0.717) is 20.3 Å². The van der Waals surface area contributed by atoms with Crippen molar-refractivity contribution in [2.24, 2.45) is 0 Å². The molecule has 0 saturated carbocycles. The Morgan fingerprint density at radius 1 is 1.18 bits per heavy atom. The molecule has 1 heterocycles. The maximum absolute atomic E-state index is 5.94. The van der Waals surface area contributed by atoms with Crippen molar-refractivity contribution in [2.45, 2.75) is 9.92 Å². The fraction of sp³-hybridized carbons (Fsp3) is 0. The highest BCUT2D eigenvalue weighted by molar-refractivity contribution is 9.10. The number of aromatic nitrogens is 2. The predicted octanol–water partition coefficient (Wildman–Crippen LogP) is 4.28. The number of benzene rings is 1. The first-order valence-corrected chi connectivity index (χ1v) is 6.83. The van der Waals surface area contributed by atoms with Gasteiger partial charge in [-0.3, -0.25) is 0 Å². The highest BCUT2D eigenvalue weighted by atomic mass is 79.9. The van der Waals surface area contributed by atoms with Gasteiger partial charge >= 0.3 is 0 Å². The summed E-state index contributed by atoms with van der Waals surface area (Å²) in [7, 11) is 0. The molecule has 2 N–H and O–H groups in total. The van der Waals surface area contributed by atoms with Crippen molar-refractivity contribution in [1.82, 2.24) is 9.97 Å². The Kier molecular flexibility index (Phi) is 4.14. The van der Waals surface area contributed by atoms with Crippen LogP contribution in [0.4, 0.5) is 5.82 Å². The Hall–Kier alpha value is -0.490. The minimum absolute atomic E-state index is 0.405. The molecule has 88 valence electrons. The van der Waals surface area contributed by atoms with Crippen LogP contribution in [-0.2, 0) is 0 Å². The molecule has 0 aliphatic rings. The SMILES string of the molecule is Nc1ncnc(Sc2ccc(Cl)c(Cl)c2)c1Br. The van der Waals surface area contributed by atoms with Gasteiger partial charge in [0, 0.05) is 4.90 Å². The summed E-state index contributed by atoms with van der Waals surface area (Å²) in [5.74, 6) is 0.405. The van der Waals surface area contributed by atoms with E-state index in [1.807, 2.05) is 6.07 Å². The van der Waals surface area contributed by atoms with Gasteiger partial charge in [0.15, 0.2) is 0 Å². The molecule has 0 aliphatic carbocycles. The zero-order chi connectivity index (χ0) is 12.4. The topological polar surface area (TPSA) is 51.8 Å². The van der Waals surface area contributed by atoms with Gasteiger partial charge in [0.2, 0.25) is 0 Å². The van der Waals surface area contributed by atoms with Crippen molar-refractivity contribution in [2.75, 3.05) is 5.73 Å². The van der Waals surface area contributed by atoms with Crippen LogP contribution in [0.5, 0.6) is 0 Å². The van der Waals surface area contributed by atoms with Crippen LogP contribution in [0.25, 0.3) is 0 Å². The minimum Gasteiger partial charge on any atom is -0.383 e. The molecule has 17 heavy (non-hydrogen) atoms. The first-order valence-electron chi connectivity index (χ1n) is 4.47. The average molecular weight is 351 g/mol. The van der Waals surface area contributed by atoms with E-state index in [4.69, 9.17) is 28.9 Å². The van der Waals surface area contributed by atoms with E-state index in [1.54, 1.807) is 12.1 Å². The molecule has 0 atom stereocenters. The van der Waals surface area contributed by atoms with E-state index in [9.17, 15) is 0 Å². The van der Waals surface area contributed by atoms with Gasteiger partial charge in [-0.15, -0.1) is 0 Å². The first-order chi connectivity index (χ1) is 8.08. The summed E-state index contributed by atoms with van der Waals surface area (Å²) in [5, 5.41) is 1.77. The normalized spacial score (nSPS) is 10.5. The highest BCUT2D eigenvalue weighted by Gasteiger charge is 2.08. The molecule has 0 spiro atoms.